The molecule has 0 fully saturated rings. The summed E-state index contributed by atoms with van der Waals surface area (Å²) in [5, 5.41) is 11.7. The number of anilines is 2. The molecule has 3 rings (SSSR count). The van der Waals surface area contributed by atoms with E-state index in [-0.39, 0.29) is 5.69 Å². The summed E-state index contributed by atoms with van der Waals surface area (Å²) in [7, 11) is 3.98. The van der Waals surface area contributed by atoms with Gasteiger partial charge in [-0.25, -0.2) is 0 Å². The van der Waals surface area contributed by atoms with Crippen molar-refractivity contribution in [3.05, 3.63) is 82.7 Å². The largest absolute Gasteiger partial charge is 0.334 e. The van der Waals surface area contributed by atoms with Gasteiger partial charge in [-0.3, -0.25) is 19.9 Å². The van der Waals surface area contributed by atoms with Crippen LogP contribution in [0, 0.1) is 10.1 Å². The molecule has 0 bridgehead atoms. The minimum atomic E-state index is -0.391. The molecule has 0 saturated heterocycles. The number of pyridine rings is 1. The van der Waals surface area contributed by atoms with Crippen LogP contribution in [-0.4, -0.2) is 48.3 Å². The number of carbonyl (C=O) groups excluding carboxylic acids is 1. The molecule has 0 aliphatic rings. The highest BCUT2D eigenvalue weighted by atomic mass is 16.6. The lowest BCUT2D eigenvalue weighted by atomic mass is 9.98. The molecule has 30 heavy (non-hydrogen) atoms. The Morgan fingerprint density at radius 3 is 2.37 bits per heavy atom. The average Bonchev–Trinajstić information content (AvgIpc) is 2.76. The van der Waals surface area contributed by atoms with Crippen molar-refractivity contribution in [3.8, 4) is 11.1 Å². The molecule has 2 aromatic carbocycles. The van der Waals surface area contributed by atoms with Crippen molar-refractivity contribution in [1.29, 1.82) is 0 Å². The van der Waals surface area contributed by atoms with Crippen molar-refractivity contribution in [3.63, 3.8) is 0 Å². The van der Waals surface area contributed by atoms with E-state index in [9.17, 15) is 14.9 Å². The number of hydrogen-bond acceptors (Lipinski definition) is 6. The Balaban J connectivity index is 2.16. The summed E-state index contributed by atoms with van der Waals surface area (Å²) in [5.41, 5.74) is 3.40. The fourth-order valence-electron chi connectivity index (χ4n) is 3.44. The van der Waals surface area contributed by atoms with Crippen molar-refractivity contribution < 1.29 is 9.72 Å². The lowest BCUT2D eigenvalue weighted by Gasteiger charge is -2.27. The van der Waals surface area contributed by atoms with E-state index in [2.05, 4.69) is 9.88 Å². The van der Waals surface area contributed by atoms with E-state index in [1.54, 1.807) is 6.07 Å². The molecule has 0 amide bonds. The second-order valence-electron chi connectivity index (χ2n) is 7.15. The third kappa shape index (κ3) is 4.69. The number of rotatable bonds is 9. The monoisotopic (exact) mass is 404 g/mol. The summed E-state index contributed by atoms with van der Waals surface area (Å²) in [4.78, 5) is 31.1. The maximum atomic E-state index is 11.7. The van der Waals surface area contributed by atoms with E-state index in [1.165, 1.54) is 18.5 Å². The molecule has 0 aliphatic carbocycles. The molecule has 1 aromatic heterocycles. The molecular weight excluding hydrogens is 380 g/mol. The number of hydrogen-bond donors (Lipinski definition) is 0. The summed E-state index contributed by atoms with van der Waals surface area (Å²) in [6.07, 6.45) is 4.57. The van der Waals surface area contributed by atoms with Crippen LogP contribution in [0.2, 0.25) is 0 Å². The Morgan fingerprint density at radius 1 is 0.967 bits per heavy atom. The zero-order valence-electron chi connectivity index (χ0n) is 17.1. The van der Waals surface area contributed by atoms with Crippen LogP contribution in [0.5, 0.6) is 0 Å². The highest BCUT2D eigenvalue weighted by Gasteiger charge is 2.23. The Hall–Kier alpha value is -3.58. The number of aldehydes is 1. The average molecular weight is 404 g/mol. The number of carbonyl (C=O) groups is 1. The Labute approximate surface area is 175 Å². The molecule has 0 N–H and O–H groups in total. The van der Waals surface area contributed by atoms with Gasteiger partial charge in [0.2, 0.25) is 0 Å². The fourth-order valence-corrected chi connectivity index (χ4v) is 3.44. The van der Waals surface area contributed by atoms with Crippen LogP contribution in [0.1, 0.15) is 16.8 Å². The molecule has 1 heterocycles. The Morgan fingerprint density at radius 2 is 1.67 bits per heavy atom. The first-order valence-corrected chi connectivity index (χ1v) is 9.67. The summed E-state index contributed by atoms with van der Waals surface area (Å²) >= 11 is 0. The van der Waals surface area contributed by atoms with Gasteiger partial charge >= 0.3 is 0 Å². The first-order chi connectivity index (χ1) is 14.5. The van der Waals surface area contributed by atoms with E-state index in [4.69, 9.17) is 0 Å². The molecule has 7 heteroatoms. The number of aromatic nitrogens is 1. The quantitative estimate of drug-likeness (QED) is 0.295. The first kappa shape index (κ1) is 21.1. The van der Waals surface area contributed by atoms with E-state index in [0.717, 1.165) is 36.1 Å². The second-order valence-corrected chi connectivity index (χ2v) is 7.15. The number of para-hydroxylation sites is 1. The maximum absolute atomic E-state index is 11.7. The smallest absolute Gasteiger partial charge is 0.296 e. The number of benzene rings is 2. The Kier molecular flexibility index (Phi) is 6.87. The number of nitrogens with zero attached hydrogens (tertiary/aromatic N) is 4. The highest BCUT2D eigenvalue weighted by Crippen LogP contribution is 2.39. The van der Waals surface area contributed by atoms with Gasteiger partial charge < -0.3 is 9.80 Å². The summed E-state index contributed by atoms with van der Waals surface area (Å²) in [6, 6.07) is 16.4. The van der Waals surface area contributed by atoms with Crippen LogP contribution in [0.15, 0.2) is 67.0 Å². The van der Waals surface area contributed by atoms with E-state index in [1.807, 2.05) is 61.5 Å². The number of nitro groups is 1. The van der Waals surface area contributed by atoms with Gasteiger partial charge in [-0.05, 0) is 38.7 Å². The molecule has 154 valence electrons. The molecular formula is C23H24N4O3. The lowest BCUT2D eigenvalue weighted by molar-refractivity contribution is -0.384. The van der Waals surface area contributed by atoms with Crippen molar-refractivity contribution in [1.82, 2.24) is 9.88 Å². The van der Waals surface area contributed by atoms with Crippen molar-refractivity contribution in [2.45, 2.75) is 6.42 Å². The molecule has 0 spiro atoms. The molecule has 0 aliphatic heterocycles. The van der Waals surface area contributed by atoms with E-state index in [0.29, 0.717) is 17.8 Å². The van der Waals surface area contributed by atoms with Gasteiger partial charge in [0.25, 0.3) is 5.69 Å². The third-order valence-electron chi connectivity index (χ3n) is 4.83. The van der Waals surface area contributed by atoms with Gasteiger partial charge in [-0.2, -0.15) is 0 Å². The van der Waals surface area contributed by atoms with Crippen LogP contribution in [0.25, 0.3) is 11.1 Å². The van der Waals surface area contributed by atoms with Gasteiger partial charge in [-0.1, -0.05) is 42.5 Å². The van der Waals surface area contributed by atoms with Gasteiger partial charge in [0.05, 0.1) is 11.1 Å². The minimum Gasteiger partial charge on any atom is -0.334 e. The molecule has 3 aromatic rings. The lowest BCUT2D eigenvalue weighted by Crippen LogP contribution is -2.24. The molecule has 0 saturated carbocycles. The van der Waals surface area contributed by atoms with E-state index >= 15 is 0 Å². The first-order valence-electron chi connectivity index (χ1n) is 9.67. The van der Waals surface area contributed by atoms with Crippen molar-refractivity contribution >= 4 is 23.3 Å². The normalized spacial score (nSPS) is 10.8. The topological polar surface area (TPSA) is 79.6 Å². The van der Waals surface area contributed by atoms with Crippen molar-refractivity contribution in [2.24, 2.45) is 0 Å². The summed E-state index contributed by atoms with van der Waals surface area (Å²) in [6.45, 7) is 1.39. The minimum absolute atomic E-state index is 0.00618. The fraction of sp³-hybridized carbons (Fsp3) is 0.217. The highest BCUT2D eigenvalue weighted by molar-refractivity contribution is 5.93. The standard InChI is InChI=1S/C23H24N4O3/c1-25(2)14-7-15-26(23-16-24-13-12-22(23)27(29)30)21-11-6-5-10-20(21)19-9-4-3-8-18(19)17-28/h3-6,8-13,16-17H,7,14-15H2,1-2H3. The van der Waals surface area contributed by atoms with Crippen LogP contribution < -0.4 is 4.90 Å². The summed E-state index contributed by atoms with van der Waals surface area (Å²) in [5.74, 6) is 0. The molecule has 0 atom stereocenters. The SMILES string of the molecule is CN(C)CCCN(c1ccccc1-c1ccccc1C=O)c1cnccc1[N+](=O)[O-]. The van der Waals surface area contributed by atoms with Gasteiger partial charge in [0.15, 0.2) is 6.29 Å². The van der Waals surface area contributed by atoms with Gasteiger partial charge in [0, 0.05) is 35.6 Å². The third-order valence-corrected chi connectivity index (χ3v) is 4.83. The summed E-state index contributed by atoms with van der Waals surface area (Å²) < 4.78 is 0. The van der Waals surface area contributed by atoms with Gasteiger partial charge in [-0.15, -0.1) is 0 Å². The maximum Gasteiger partial charge on any atom is 0.296 e. The van der Waals surface area contributed by atoms with Crippen LogP contribution in [0.3, 0.4) is 0 Å². The zero-order valence-corrected chi connectivity index (χ0v) is 17.1. The van der Waals surface area contributed by atoms with Crippen LogP contribution in [-0.2, 0) is 0 Å². The molecule has 7 nitrogen and oxygen atoms in total. The van der Waals surface area contributed by atoms with Gasteiger partial charge in [0.1, 0.15) is 5.69 Å². The van der Waals surface area contributed by atoms with E-state index < -0.39 is 4.92 Å². The van der Waals surface area contributed by atoms with Crippen molar-refractivity contribution in [2.75, 3.05) is 32.1 Å². The van der Waals surface area contributed by atoms with Crippen LogP contribution in [0.4, 0.5) is 17.1 Å². The predicted molar refractivity (Wildman–Crippen MR) is 118 cm³/mol. The predicted octanol–water partition coefficient (Wildman–Crippen LogP) is 4.56. The Bertz CT molecular complexity index is 1040. The second kappa shape index (κ2) is 9.76. The molecule has 0 radical (unpaired) electrons. The zero-order chi connectivity index (χ0) is 21.5. The molecule has 0 unspecified atom stereocenters. The van der Waals surface area contributed by atoms with Crippen LogP contribution >= 0.6 is 0 Å².